The van der Waals surface area contributed by atoms with Gasteiger partial charge in [-0.05, 0) is 55.0 Å². The zero-order valence-corrected chi connectivity index (χ0v) is 19.3. The summed E-state index contributed by atoms with van der Waals surface area (Å²) in [5.74, 6) is 1.19. The van der Waals surface area contributed by atoms with Gasteiger partial charge >= 0.3 is 0 Å². The first-order chi connectivity index (χ1) is 16.0. The van der Waals surface area contributed by atoms with Crippen LogP contribution in [0.1, 0.15) is 43.2 Å². The van der Waals surface area contributed by atoms with E-state index in [9.17, 15) is 14.7 Å². The van der Waals surface area contributed by atoms with E-state index in [1.807, 2.05) is 41.3 Å². The minimum absolute atomic E-state index is 0.00402. The van der Waals surface area contributed by atoms with Gasteiger partial charge in [-0.3, -0.25) is 9.59 Å². The van der Waals surface area contributed by atoms with Crippen molar-refractivity contribution >= 4 is 17.5 Å². The summed E-state index contributed by atoms with van der Waals surface area (Å²) in [6.45, 7) is 2.72. The molecule has 0 fully saturated rings. The maximum atomic E-state index is 12.8. The Balaban J connectivity index is 1.74. The van der Waals surface area contributed by atoms with Crippen molar-refractivity contribution in [1.82, 2.24) is 4.90 Å². The van der Waals surface area contributed by atoms with Crippen LogP contribution in [-0.2, 0) is 16.0 Å². The molecule has 2 heterocycles. The molecule has 0 aromatic heterocycles. The lowest BCUT2D eigenvalue weighted by Gasteiger charge is -2.30. The third kappa shape index (κ3) is 4.83. The summed E-state index contributed by atoms with van der Waals surface area (Å²) in [6, 6.07) is 13.9. The first-order valence-electron chi connectivity index (χ1n) is 11.6. The van der Waals surface area contributed by atoms with E-state index in [-0.39, 0.29) is 23.8 Å². The topological polar surface area (TPSA) is 79.3 Å². The van der Waals surface area contributed by atoms with Crippen LogP contribution in [0, 0.1) is 0 Å². The van der Waals surface area contributed by atoms with Crippen LogP contribution in [0.3, 0.4) is 0 Å². The smallest absolute Gasteiger partial charge is 0.248 e. The maximum absolute atomic E-state index is 12.8. The van der Waals surface area contributed by atoms with Crippen molar-refractivity contribution in [3.63, 3.8) is 0 Å². The summed E-state index contributed by atoms with van der Waals surface area (Å²) >= 11 is 0. The minimum atomic E-state index is -0.498. The molecule has 176 valence electrons. The number of aliphatic hydroxyl groups excluding tert-OH is 1. The Kier molecular flexibility index (Phi) is 7.18. The molecule has 2 aliphatic rings. The number of hydrogen-bond donors (Lipinski definition) is 1. The molecule has 0 unspecified atom stereocenters. The molecule has 0 spiro atoms. The predicted octanol–water partition coefficient (Wildman–Crippen LogP) is 3.14. The van der Waals surface area contributed by atoms with Gasteiger partial charge in [0.15, 0.2) is 11.5 Å². The Hall–Kier alpha value is -3.06. The van der Waals surface area contributed by atoms with Gasteiger partial charge in [0, 0.05) is 37.7 Å². The number of nitrogens with zero attached hydrogens (tertiary/aromatic N) is 2. The van der Waals surface area contributed by atoms with E-state index in [2.05, 4.69) is 6.07 Å². The summed E-state index contributed by atoms with van der Waals surface area (Å²) in [6.07, 6.45) is 2.94. The number of anilines is 1. The third-order valence-corrected chi connectivity index (χ3v) is 6.68. The first-order valence-corrected chi connectivity index (χ1v) is 11.6. The Bertz CT molecular complexity index is 1010. The molecule has 33 heavy (non-hydrogen) atoms. The van der Waals surface area contributed by atoms with Crippen molar-refractivity contribution in [2.45, 2.75) is 44.6 Å². The average Bonchev–Trinajstić information content (AvgIpc) is 3.13. The van der Waals surface area contributed by atoms with Crippen LogP contribution < -0.4 is 14.4 Å². The number of benzene rings is 2. The van der Waals surface area contributed by atoms with Gasteiger partial charge in [0.2, 0.25) is 11.8 Å². The van der Waals surface area contributed by atoms with Crippen LogP contribution in [0.2, 0.25) is 0 Å². The molecule has 1 N–H and O–H groups in total. The molecule has 4 rings (SSSR count). The molecule has 2 aliphatic heterocycles. The lowest BCUT2D eigenvalue weighted by Crippen LogP contribution is -2.41. The van der Waals surface area contributed by atoms with E-state index >= 15 is 0 Å². The molecule has 7 nitrogen and oxygen atoms in total. The Morgan fingerprint density at radius 1 is 1.15 bits per heavy atom. The van der Waals surface area contributed by atoms with Crippen LogP contribution in [0.4, 0.5) is 5.69 Å². The lowest BCUT2D eigenvalue weighted by atomic mass is 9.87. The molecule has 2 aromatic rings. The van der Waals surface area contributed by atoms with Gasteiger partial charge in [0.05, 0.1) is 13.7 Å². The highest BCUT2D eigenvalue weighted by atomic mass is 16.5. The number of methoxy groups -OCH3 is 1. The first kappa shape index (κ1) is 23.1. The van der Waals surface area contributed by atoms with Crippen molar-refractivity contribution in [2.75, 3.05) is 38.3 Å². The third-order valence-electron chi connectivity index (χ3n) is 6.68. The summed E-state index contributed by atoms with van der Waals surface area (Å²) in [5.41, 5.74) is 3.14. The van der Waals surface area contributed by atoms with Crippen LogP contribution in [0.15, 0.2) is 42.5 Å². The number of amides is 2. The fraction of sp³-hybridized carbons (Fsp3) is 0.462. The van der Waals surface area contributed by atoms with Gasteiger partial charge in [-0.25, -0.2) is 0 Å². The van der Waals surface area contributed by atoms with E-state index in [4.69, 9.17) is 9.47 Å². The molecule has 2 bridgehead atoms. The molecule has 2 amide bonds. The summed E-state index contributed by atoms with van der Waals surface area (Å²) in [5, 5.41) is 9.48. The maximum Gasteiger partial charge on any atom is 0.248 e. The van der Waals surface area contributed by atoms with E-state index < -0.39 is 6.61 Å². The molecule has 0 saturated heterocycles. The number of carbonyl (C=O) groups excluding carboxylic acids is 2. The standard InChI is InChI=1S/C26H32N2O5/c1-18(30)28-22-8-4-3-7-20(22)21-11-13-27(26(31)17-29)12-5-6-14-33-25-16-19(15-23(21)28)9-10-24(25)32-2/h3-4,7-10,16,21,23,29H,5-6,11-15,17H2,1-2H3/t21-,23-/m1/s1. The highest BCUT2D eigenvalue weighted by Gasteiger charge is 2.40. The second kappa shape index (κ2) is 10.3. The van der Waals surface area contributed by atoms with Crippen molar-refractivity contribution in [1.29, 1.82) is 0 Å². The predicted molar refractivity (Wildman–Crippen MR) is 126 cm³/mol. The fourth-order valence-corrected chi connectivity index (χ4v) is 5.12. The van der Waals surface area contributed by atoms with E-state index in [1.54, 1.807) is 18.9 Å². The summed E-state index contributed by atoms with van der Waals surface area (Å²) in [4.78, 5) is 28.8. The quantitative estimate of drug-likeness (QED) is 0.757. The largest absolute Gasteiger partial charge is 0.493 e. The number of para-hydroxylation sites is 1. The van der Waals surface area contributed by atoms with Crippen molar-refractivity contribution < 1.29 is 24.2 Å². The lowest BCUT2D eigenvalue weighted by molar-refractivity contribution is -0.134. The van der Waals surface area contributed by atoms with E-state index in [0.29, 0.717) is 37.6 Å². The Morgan fingerprint density at radius 3 is 2.73 bits per heavy atom. The van der Waals surface area contributed by atoms with Crippen molar-refractivity contribution in [2.24, 2.45) is 0 Å². The van der Waals surface area contributed by atoms with Crippen molar-refractivity contribution in [3.05, 3.63) is 53.6 Å². The highest BCUT2D eigenvalue weighted by molar-refractivity contribution is 5.95. The van der Waals surface area contributed by atoms with Gasteiger partial charge < -0.3 is 24.4 Å². The number of ether oxygens (including phenoxy) is 2. The van der Waals surface area contributed by atoms with Crippen LogP contribution in [0.25, 0.3) is 0 Å². The zero-order chi connectivity index (χ0) is 23.4. The molecule has 0 aliphatic carbocycles. The van der Waals surface area contributed by atoms with Gasteiger partial charge in [0.1, 0.15) is 6.61 Å². The molecule has 7 heteroatoms. The Labute approximate surface area is 194 Å². The fourth-order valence-electron chi connectivity index (χ4n) is 5.12. The Morgan fingerprint density at radius 2 is 1.97 bits per heavy atom. The number of aliphatic hydroxyl groups is 1. The average molecular weight is 453 g/mol. The number of fused-ring (bicyclic) bond motifs is 5. The molecular weight excluding hydrogens is 420 g/mol. The highest BCUT2D eigenvalue weighted by Crippen LogP contribution is 2.44. The molecule has 0 saturated carbocycles. The van der Waals surface area contributed by atoms with Crippen LogP contribution >= 0.6 is 0 Å². The second-order valence-electron chi connectivity index (χ2n) is 8.69. The monoisotopic (exact) mass is 452 g/mol. The SMILES string of the molecule is COc1ccc2cc1OCCCCN(C(=O)CO)CC[C@@H]1c3ccccc3N(C(C)=O)[C@@H]1C2. The number of hydrogen-bond acceptors (Lipinski definition) is 5. The van der Waals surface area contributed by atoms with E-state index in [0.717, 1.165) is 36.1 Å². The van der Waals surface area contributed by atoms with Crippen molar-refractivity contribution in [3.8, 4) is 11.5 Å². The summed E-state index contributed by atoms with van der Waals surface area (Å²) in [7, 11) is 1.62. The molecule has 2 aromatic carbocycles. The summed E-state index contributed by atoms with van der Waals surface area (Å²) < 4.78 is 11.5. The molecule has 0 radical (unpaired) electrons. The molecule has 2 atom stereocenters. The zero-order valence-electron chi connectivity index (χ0n) is 19.3. The van der Waals surface area contributed by atoms with Gasteiger partial charge in [0.25, 0.3) is 0 Å². The number of carbonyl (C=O) groups is 2. The van der Waals surface area contributed by atoms with Crippen LogP contribution in [0.5, 0.6) is 11.5 Å². The van der Waals surface area contributed by atoms with Gasteiger partial charge in [-0.15, -0.1) is 0 Å². The molecular formula is C26H32N2O5. The normalized spacial score (nSPS) is 20.8. The second-order valence-corrected chi connectivity index (χ2v) is 8.69. The van der Waals surface area contributed by atoms with E-state index in [1.165, 1.54) is 0 Å². The van der Waals surface area contributed by atoms with Gasteiger partial charge in [-0.1, -0.05) is 24.3 Å². The minimum Gasteiger partial charge on any atom is -0.493 e. The number of rotatable bonds is 2. The van der Waals surface area contributed by atoms with Gasteiger partial charge in [-0.2, -0.15) is 0 Å². The van der Waals surface area contributed by atoms with Crippen LogP contribution in [-0.4, -0.2) is 61.3 Å².